The molecule has 3 amide bonds. The van der Waals surface area contributed by atoms with E-state index in [1.807, 2.05) is 6.07 Å². The van der Waals surface area contributed by atoms with Crippen molar-refractivity contribution >= 4 is 46.0 Å². The van der Waals surface area contributed by atoms with E-state index in [0.717, 1.165) is 6.07 Å². The number of carbonyl (C=O) groups is 4. The number of fused-ring (bicyclic) bond motifs is 1. The number of aromatic nitrogens is 1. The number of nitrogens with zero attached hydrogens (tertiary/aromatic N) is 2. The molecule has 0 spiro atoms. The van der Waals surface area contributed by atoms with E-state index in [1.54, 1.807) is 24.3 Å². The van der Waals surface area contributed by atoms with Crippen molar-refractivity contribution in [3.8, 4) is 17.2 Å². The fourth-order valence-corrected chi connectivity index (χ4v) is 3.67. The number of carboxylic acids is 1. The van der Waals surface area contributed by atoms with Crippen molar-refractivity contribution in [3.63, 3.8) is 0 Å². The van der Waals surface area contributed by atoms with Gasteiger partial charge in [-0.05, 0) is 36.4 Å². The lowest BCUT2D eigenvalue weighted by Gasteiger charge is -2.13. The van der Waals surface area contributed by atoms with Gasteiger partial charge in [-0.1, -0.05) is 23.4 Å². The van der Waals surface area contributed by atoms with Crippen LogP contribution in [0, 0.1) is 11.3 Å². The molecule has 4 aromatic rings. The highest BCUT2D eigenvalue weighted by molar-refractivity contribution is 6.15. The second-order valence-corrected chi connectivity index (χ2v) is 7.65. The van der Waals surface area contributed by atoms with E-state index in [9.17, 15) is 24.3 Å². The Labute approximate surface area is 203 Å². The Morgan fingerprint density at radius 3 is 2.39 bits per heavy atom. The number of para-hydroxylation sites is 1. The number of amides is 3. The van der Waals surface area contributed by atoms with Gasteiger partial charge in [-0.2, -0.15) is 5.26 Å². The number of hydrogen-bond donors (Lipinski definition) is 4. The van der Waals surface area contributed by atoms with Crippen LogP contribution in [0.5, 0.6) is 0 Å². The molecule has 11 nitrogen and oxygen atoms in total. The van der Waals surface area contributed by atoms with Crippen molar-refractivity contribution in [2.45, 2.75) is 6.92 Å². The maximum absolute atomic E-state index is 13.0. The Balaban J connectivity index is 1.79. The van der Waals surface area contributed by atoms with Crippen LogP contribution in [0.2, 0.25) is 0 Å². The fourth-order valence-electron chi connectivity index (χ4n) is 3.67. The monoisotopic (exact) mass is 483 g/mol. The molecule has 36 heavy (non-hydrogen) atoms. The minimum atomic E-state index is -1.34. The third-order valence-corrected chi connectivity index (χ3v) is 5.25. The van der Waals surface area contributed by atoms with Gasteiger partial charge in [-0.25, -0.2) is 4.79 Å². The summed E-state index contributed by atoms with van der Waals surface area (Å²) in [6.07, 6.45) is 0. The number of nitrogens with one attached hydrogen (secondary N) is 2. The lowest BCUT2D eigenvalue weighted by Crippen LogP contribution is -2.16. The normalized spacial score (nSPS) is 10.4. The standard InChI is InChI=1S/C25H17N5O6/c1-12(31)28-19-5-3-2-4-14(19)15-10-21-18(9-16(15)23(27)32)22(30-36-21)24(33)29-20-7-6-13(11-26)8-17(20)25(34)35/h2-10H,1H3,(H2,27,32)(H,28,31)(H,29,33)(H,34,35). The van der Waals surface area contributed by atoms with E-state index < -0.39 is 17.8 Å². The van der Waals surface area contributed by atoms with Crippen LogP contribution in [0.4, 0.5) is 11.4 Å². The first-order valence-corrected chi connectivity index (χ1v) is 10.4. The lowest BCUT2D eigenvalue weighted by atomic mass is 9.95. The topological polar surface area (TPSA) is 188 Å². The van der Waals surface area contributed by atoms with Gasteiger partial charge < -0.3 is 26.0 Å². The number of nitriles is 1. The fraction of sp³-hybridized carbons (Fsp3) is 0.0400. The quantitative estimate of drug-likeness (QED) is 0.321. The van der Waals surface area contributed by atoms with E-state index in [2.05, 4.69) is 15.8 Å². The van der Waals surface area contributed by atoms with Gasteiger partial charge in [0.2, 0.25) is 11.8 Å². The molecule has 0 atom stereocenters. The van der Waals surface area contributed by atoms with E-state index in [0.29, 0.717) is 16.8 Å². The van der Waals surface area contributed by atoms with Gasteiger partial charge in [0.25, 0.3) is 5.91 Å². The zero-order valence-electron chi connectivity index (χ0n) is 18.7. The highest BCUT2D eigenvalue weighted by atomic mass is 16.5. The van der Waals surface area contributed by atoms with Crippen LogP contribution in [0.3, 0.4) is 0 Å². The van der Waals surface area contributed by atoms with Crippen molar-refractivity contribution in [2.24, 2.45) is 5.73 Å². The second kappa shape index (κ2) is 9.40. The Hall–Kier alpha value is -5.50. The molecule has 4 rings (SSSR count). The smallest absolute Gasteiger partial charge is 0.337 e. The van der Waals surface area contributed by atoms with Crippen LogP contribution in [-0.2, 0) is 4.79 Å². The Bertz CT molecular complexity index is 1620. The lowest BCUT2D eigenvalue weighted by molar-refractivity contribution is -0.114. The molecule has 3 aromatic carbocycles. The number of carbonyl (C=O) groups excluding carboxylic acids is 3. The van der Waals surface area contributed by atoms with Crippen LogP contribution in [0.1, 0.15) is 43.7 Å². The molecule has 0 fully saturated rings. The summed E-state index contributed by atoms with van der Waals surface area (Å²) in [5, 5.41) is 27.5. The number of hydrogen-bond acceptors (Lipinski definition) is 7. The molecule has 178 valence electrons. The molecule has 5 N–H and O–H groups in total. The molecule has 0 unspecified atom stereocenters. The summed E-state index contributed by atoms with van der Waals surface area (Å²) in [6.45, 7) is 1.35. The number of nitrogens with two attached hydrogens (primary N) is 1. The van der Waals surface area contributed by atoms with Crippen molar-refractivity contribution < 1.29 is 28.8 Å². The third kappa shape index (κ3) is 4.46. The zero-order chi connectivity index (χ0) is 26.0. The second-order valence-electron chi connectivity index (χ2n) is 7.65. The van der Waals surface area contributed by atoms with Gasteiger partial charge >= 0.3 is 5.97 Å². The first-order chi connectivity index (χ1) is 17.2. The Morgan fingerprint density at radius 1 is 0.972 bits per heavy atom. The molecule has 0 aliphatic carbocycles. The molecule has 11 heteroatoms. The molecule has 0 aliphatic heterocycles. The van der Waals surface area contributed by atoms with Crippen molar-refractivity contribution in [1.82, 2.24) is 5.16 Å². The molecule has 1 heterocycles. The Kier molecular flexibility index (Phi) is 6.17. The van der Waals surface area contributed by atoms with Crippen LogP contribution in [0.15, 0.2) is 59.1 Å². The summed E-state index contributed by atoms with van der Waals surface area (Å²) in [4.78, 5) is 48.5. The van der Waals surface area contributed by atoms with Gasteiger partial charge in [0, 0.05) is 29.3 Å². The number of benzene rings is 3. The minimum Gasteiger partial charge on any atom is -0.478 e. The highest BCUT2D eigenvalue weighted by Gasteiger charge is 2.23. The van der Waals surface area contributed by atoms with Crippen LogP contribution in [-0.4, -0.2) is 34.0 Å². The summed E-state index contributed by atoms with van der Waals surface area (Å²) < 4.78 is 5.33. The third-order valence-electron chi connectivity index (χ3n) is 5.25. The Morgan fingerprint density at radius 2 is 1.72 bits per heavy atom. The maximum atomic E-state index is 13.0. The summed E-state index contributed by atoms with van der Waals surface area (Å²) >= 11 is 0. The molecule has 0 saturated carbocycles. The molecule has 0 aliphatic rings. The van der Waals surface area contributed by atoms with E-state index in [-0.39, 0.29) is 44.9 Å². The maximum Gasteiger partial charge on any atom is 0.337 e. The predicted octanol–water partition coefficient (Wildman–Crippen LogP) is 3.37. The average molecular weight is 483 g/mol. The highest BCUT2D eigenvalue weighted by Crippen LogP contribution is 2.35. The zero-order valence-corrected chi connectivity index (χ0v) is 18.7. The largest absolute Gasteiger partial charge is 0.478 e. The molecular formula is C25H17N5O6. The van der Waals surface area contributed by atoms with Gasteiger partial charge in [-0.3, -0.25) is 14.4 Å². The van der Waals surface area contributed by atoms with Crippen molar-refractivity contribution in [1.29, 1.82) is 5.26 Å². The van der Waals surface area contributed by atoms with Gasteiger partial charge in [-0.15, -0.1) is 0 Å². The average Bonchev–Trinajstić information content (AvgIpc) is 3.26. The summed E-state index contributed by atoms with van der Waals surface area (Å²) in [5.41, 5.74) is 6.65. The van der Waals surface area contributed by atoms with E-state index in [4.69, 9.17) is 15.5 Å². The van der Waals surface area contributed by atoms with Crippen LogP contribution < -0.4 is 16.4 Å². The van der Waals surface area contributed by atoms with Crippen molar-refractivity contribution in [2.75, 3.05) is 10.6 Å². The first-order valence-electron chi connectivity index (χ1n) is 10.4. The first kappa shape index (κ1) is 23.7. The minimum absolute atomic E-state index is 0.0437. The van der Waals surface area contributed by atoms with Crippen LogP contribution in [0.25, 0.3) is 22.1 Å². The molecule has 1 aromatic heterocycles. The SMILES string of the molecule is CC(=O)Nc1ccccc1-c1cc2onc(C(=O)Nc3ccc(C#N)cc3C(=O)O)c2cc1C(N)=O. The molecule has 0 saturated heterocycles. The van der Waals surface area contributed by atoms with Crippen LogP contribution >= 0.6 is 0 Å². The number of rotatable bonds is 6. The number of primary amides is 1. The van der Waals surface area contributed by atoms with E-state index >= 15 is 0 Å². The van der Waals surface area contributed by atoms with Gasteiger partial charge in [0.1, 0.15) is 0 Å². The summed E-state index contributed by atoms with van der Waals surface area (Å²) in [7, 11) is 0. The van der Waals surface area contributed by atoms with Gasteiger partial charge in [0.15, 0.2) is 11.3 Å². The number of anilines is 2. The number of carboxylic acid groups (broad SMARTS) is 1. The van der Waals surface area contributed by atoms with Gasteiger partial charge in [0.05, 0.1) is 28.3 Å². The summed E-state index contributed by atoms with van der Waals surface area (Å²) in [5.74, 6) is -3.25. The predicted molar refractivity (Wildman–Crippen MR) is 128 cm³/mol. The van der Waals surface area contributed by atoms with E-state index in [1.165, 1.54) is 31.2 Å². The molecular weight excluding hydrogens is 466 g/mol. The molecule has 0 radical (unpaired) electrons. The van der Waals surface area contributed by atoms with Crippen molar-refractivity contribution in [3.05, 3.63) is 77.0 Å². The summed E-state index contributed by atoms with van der Waals surface area (Å²) in [6, 6.07) is 15.2. The number of aromatic carboxylic acids is 1. The molecule has 0 bridgehead atoms.